The fourth-order valence-electron chi connectivity index (χ4n) is 1.50. The highest BCUT2D eigenvalue weighted by molar-refractivity contribution is 5.99. The largest absolute Gasteiger partial charge is 0.494 e. The number of hydrogen-bond donors (Lipinski definition) is 3. The van der Waals surface area contributed by atoms with Crippen molar-refractivity contribution in [2.45, 2.75) is 0 Å². The van der Waals surface area contributed by atoms with E-state index in [1.807, 2.05) is 0 Å². The van der Waals surface area contributed by atoms with Crippen molar-refractivity contribution in [3.63, 3.8) is 0 Å². The number of nitrogens with one attached hydrogen (secondary N) is 2. The molecule has 0 saturated carbocycles. The lowest BCUT2D eigenvalue weighted by molar-refractivity contribution is -0.135. The maximum atomic E-state index is 11.8. The summed E-state index contributed by atoms with van der Waals surface area (Å²) in [4.78, 5) is 37.9. The molecule has 1 aromatic rings. The molecule has 0 radical (unpaired) electrons. The van der Waals surface area contributed by atoms with Crippen LogP contribution in [0.2, 0.25) is 0 Å². The number of carbonyl (C=O) groups excluding carboxylic acids is 2. The lowest BCUT2D eigenvalue weighted by Gasteiger charge is -2.10. The number of ether oxygens (including phenoxy) is 2. The minimum absolute atomic E-state index is 0.0716. The van der Waals surface area contributed by atoms with Crippen LogP contribution in [0.15, 0.2) is 12.3 Å². The quantitative estimate of drug-likeness (QED) is 0.541. The van der Waals surface area contributed by atoms with Crippen LogP contribution in [0.1, 0.15) is 20.8 Å². The number of aromatic nitrogens is 1. The monoisotopic (exact) mass is 311 g/mol. The van der Waals surface area contributed by atoms with Gasteiger partial charge in [-0.1, -0.05) is 0 Å². The summed E-state index contributed by atoms with van der Waals surface area (Å²) in [5.41, 5.74) is 0.111. The van der Waals surface area contributed by atoms with Crippen molar-refractivity contribution in [1.82, 2.24) is 15.6 Å². The molecule has 0 unspecified atom stereocenters. The highest BCUT2D eigenvalue weighted by Gasteiger charge is 2.17. The van der Waals surface area contributed by atoms with Crippen LogP contribution in [0.25, 0.3) is 0 Å². The van der Waals surface area contributed by atoms with Crippen LogP contribution in [0.3, 0.4) is 0 Å². The predicted molar refractivity (Wildman–Crippen MR) is 75.0 cm³/mol. The third-order valence-corrected chi connectivity index (χ3v) is 2.54. The zero-order valence-electron chi connectivity index (χ0n) is 12.2. The smallest absolute Gasteiger partial charge is 0.322 e. The van der Waals surface area contributed by atoms with Crippen molar-refractivity contribution in [1.29, 1.82) is 0 Å². The molecular formula is C13H17N3O6. The number of aliphatic carboxylic acids is 1. The zero-order valence-corrected chi connectivity index (χ0v) is 12.2. The van der Waals surface area contributed by atoms with Gasteiger partial charge < -0.3 is 25.2 Å². The lowest BCUT2D eigenvalue weighted by atomic mass is 10.2. The molecule has 3 N–H and O–H groups in total. The van der Waals surface area contributed by atoms with Gasteiger partial charge in [-0.2, -0.15) is 0 Å². The van der Waals surface area contributed by atoms with Crippen molar-refractivity contribution in [3.05, 3.63) is 23.5 Å². The van der Waals surface area contributed by atoms with E-state index in [4.69, 9.17) is 14.6 Å². The maximum absolute atomic E-state index is 11.8. The molecule has 0 aliphatic heterocycles. The first kappa shape index (κ1) is 17.4. The second-order valence-corrected chi connectivity index (χ2v) is 4.10. The first-order valence-corrected chi connectivity index (χ1v) is 6.30. The average Bonchev–Trinajstić information content (AvgIpc) is 2.52. The van der Waals surface area contributed by atoms with Gasteiger partial charge in [-0.25, -0.2) is 4.98 Å². The minimum Gasteiger partial charge on any atom is -0.494 e. The highest BCUT2D eigenvalue weighted by atomic mass is 16.5. The van der Waals surface area contributed by atoms with Crippen LogP contribution >= 0.6 is 0 Å². The number of amides is 2. The van der Waals surface area contributed by atoms with Gasteiger partial charge in [0.15, 0.2) is 11.4 Å². The Labute approximate surface area is 126 Å². The molecule has 0 saturated heterocycles. The number of carboxylic acids is 1. The number of carbonyl (C=O) groups is 3. The molecule has 120 valence electrons. The van der Waals surface area contributed by atoms with Gasteiger partial charge >= 0.3 is 5.97 Å². The fourth-order valence-corrected chi connectivity index (χ4v) is 1.50. The number of rotatable bonds is 8. The van der Waals surface area contributed by atoms with Gasteiger partial charge in [-0.15, -0.1) is 0 Å². The third kappa shape index (κ3) is 5.02. The molecule has 1 heterocycles. The molecule has 0 spiro atoms. The molecule has 0 aliphatic rings. The molecule has 0 bridgehead atoms. The van der Waals surface area contributed by atoms with Gasteiger partial charge in [0.25, 0.3) is 11.8 Å². The first-order chi connectivity index (χ1) is 10.5. The van der Waals surface area contributed by atoms with E-state index in [0.29, 0.717) is 13.2 Å². The number of pyridine rings is 1. The van der Waals surface area contributed by atoms with Gasteiger partial charge in [0.1, 0.15) is 6.54 Å². The van der Waals surface area contributed by atoms with E-state index in [2.05, 4.69) is 15.6 Å². The van der Waals surface area contributed by atoms with Crippen LogP contribution in [0.5, 0.6) is 5.75 Å². The van der Waals surface area contributed by atoms with E-state index >= 15 is 0 Å². The predicted octanol–water partition coefficient (Wildman–Crippen LogP) is -0.719. The average molecular weight is 311 g/mol. The summed E-state index contributed by atoms with van der Waals surface area (Å²) in [6, 6.07) is 1.35. The van der Waals surface area contributed by atoms with Gasteiger partial charge in [0.05, 0.1) is 19.3 Å². The molecule has 0 aromatic carbocycles. The van der Waals surface area contributed by atoms with Crippen molar-refractivity contribution in [3.8, 4) is 5.75 Å². The molecule has 0 fully saturated rings. The summed E-state index contributed by atoms with van der Waals surface area (Å²) < 4.78 is 9.83. The molecule has 9 heteroatoms. The number of carboxylic acid groups (broad SMARTS) is 1. The van der Waals surface area contributed by atoms with Crippen LogP contribution in [0, 0.1) is 0 Å². The second kappa shape index (κ2) is 8.57. The van der Waals surface area contributed by atoms with Crippen LogP contribution < -0.4 is 15.4 Å². The Kier molecular flexibility index (Phi) is 6.77. The molecule has 9 nitrogen and oxygen atoms in total. The Hall–Kier alpha value is -2.68. The second-order valence-electron chi connectivity index (χ2n) is 4.10. The Morgan fingerprint density at radius 1 is 1.23 bits per heavy atom. The van der Waals surface area contributed by atoms with Gasteiger partial charge in [0, 0.05) is 19.9 Å². The molecule has 1 rings (SSSR count). The summed E-state index contributed by atoms with van der Waals surface area (Å²) in [6.07, 6.45) is 1.21. The number of hydrogen-bond acceptors (Lipinski definition) is 6. The summed E-state index contributed by atoms with van der Waals surface area (Å²) >= 11 is 0. The van der Waals surface area contributed by atoms with E-state index < -0.39 is 18.4 Å². The zero-order chi connectivity index (χ0) is 16.5. The lowest BCUT2D eigenvalue weighted by Crippen LogP contribution is -2.31. The summed E-state index contributed by atoms with van der Waals surface area (Å²) in [5, 5.41) is 13.3. The molecule has 22 heavy (non-hydrogen) atoms. The standard InChI is InChI=1S/C13H17N3O6/c1-21-4-3-14-12(19)8-5-9(22-2)11(15-6-8)13(20)16-7-10(17)18/h5-6H,3-4,7H2,1-2H3,(H,14,19)(H,16,20)(H,17,18). The highest BCUT2D eigenvalue weighted by Crippen LogP contribution is 2.17. The Bertz CT molecular complexity index is 561. The van der Waals surface area contributed by atoms with E-state index in [9.17, 15) is 14.4 Å². The van der Waals surface area contributed by atoms with Crippen molar-refractivity contribution < 1.29 is 29.0 Å². The summed E-state index contributed by atoms with van der Waals surface area (Å²) in [7, 11) is 2.83. The van der Waals surface area contributed by atoms with Crippen LogP contribution in [-0.4, -0.2) is 61.8 Å². The number of nitrogens with zero attached hydrogens (tertiary/aromatic N) is 1. The molecule has 1 aromatic heterocycles. The van der Waals surface area contributed by atoms with E-state index in [1.165, 1.54) is 26.5 Å². The molecule has 2 amide bonds. The van der Waals surface area contributed by atoms with Gasteiger partial charge in [-0.05, 0) is 6.07 Å². The van der Waals surface area contributed by atoms with Crippen LogP contribution in [-0.2, 0) is 9.53 Å². The van der Waals surface area contributed by atoms with E-state index in [-0.39, 0.29) is 22.9 Å². The Balaban J connectivity index is 2.84. The first-order valence-electron chi connectivity index (χ1n) is 6.30. The SMILES string of the molecule is COCCNC(=O)c1cnc(C(=O)NCC(=O)O)c(OC)c1. The topological polar surface area (TPSA) is 127 Å². The van der Waals surface area contributed by atoms with Crippen molar-refractivity contribution >= 4 is 17.8 Å². The summed E-state index contributed by atoms with van der Waals surface area (Å²) in [6.45, 7) is 0.160. The third-order valence-electron chi connectivity index (χ3n) is 2.54. The van der Waals surface area contributed by atoms with Gasteiger partial charge in [0.2, 0.25) is 0 Å². The van der Waals surface area contributed by atoms with Crippen molar-refractivity contribution in [2.24, 2.45) is 0 Å². The molecule has 0 atom stereocenters. The fraction of sp³-hybridized carbons (Fsp3) is 0.385. The molecular weight excluding hydrogens is 294 g/mol. The molecule has 0 aliphatic carbocycles. The van der Waals surface area contributed by atoms with E-state index in [1.54, 1.807) is 0 Å². The van der Waals surface area contributed by atoms with E-state index in [0.717, 1.165) is 0 Å². The number of methoxy groups -OCH3 is 2. The normalized spacial score (nSPS) is 9.91. The minimum atomic E-state index is -1.18. The Morgan fingerprint density at radius 2 is 1.95 bits per heavy atom. The summed E-state index contributed by atoms with van der Waals surface area (Å²) in [5.74, 6) is -2.20. The van der Waals surface area contributed by atoms with Crippen molar-refractivity contribution in [2.75, 3.05) is 33.9 Å². The van der Waals surface area contributed by atoms with Gasteiger partial charge in [-0.3, -0.25) is 14.4 Å². The van der Waals surface area contributed by atoms with Crippen LogP contribution in [0.4, 0.5) is 0 Å². The maximum Gasteiger partial charge on any atom is 0.322 e. The Morgan fingerprint density at radius 3 is 2.55 bits per heavy atom.